The standard InChI is InChI=1S/C27H33Cl2N3O2/c28-21-8-4-7-19(15-21)26(33)31-23-11-14-25(29)20(16-23)17-32(24-12-9-22(30)10-13-24)27(34)18-5-2-1-3-6-18/h4,7-8,11,14-16,18,22,24H,1-3,5-6,9-10,12-13,17,30H2,(H,31,33). The van der Waals surface area contributed by atoms with Crippen LogP contribution in [0.5, 0.6) is 0 Å². The first-order valence-electron chi connectivity index (χ1n) is 12.3. The van der Waals surface area contributed by atoms with E-state index < -0.39 is 0 Å². The summed E-state index contributed by atoms with van der Waals surface area (Å²) in [6, 6.07) is 12.7. The first-order valence-corrected chi connectivity index (χ1v) is 13.1. The van der Waals surface area contributed by atoms with Crippen molar-refractivity contribution in [1.82, 2.24) is 4.90 Å². The lowest BCUT2D eigenvalue weighted by Crippen LogP contribution is -2.46. The van der Waals surface area contributed by atoms with E-state index in [2.05, 4.69) is 5.32 Å². The molecule has 0 aromatic heterocycles. The van der Waals surface area contributed by atoms with Gasteiger partial charge in [-0.25, -0.2) is 0 Å². The number of hydrogen-bond acceptors (Lipinski definition) is 3. The van der Waals surface area contributed by atoms with Crippen LogP contribution in [0.3, 0.4) is 0 Å². The van der Waals surface area contributed by atoms with Crippen LogP contribution < -0.4 is 11.1 Å². The molecule has 2 saturated carbocycles. The highest BCUT2D eigenvalue weighted by Crippen LogP contribution is 2.32. The highest BCUT2D eigenvalue weighted by atomic mass is 35.5. The van der Waals surface area contributed by atoms with Gasteiger partial charge in [0.2, 0.25) is 5.91 Å². The van der Waals surface area contributed by atoms with E-state index in [1.54, 1.807) is 36.4 Å². The van der Waals surface area contributed by atoms with E-state index in [-0.39, 0.29) is 29.8 Å². The molecule has 0 spiro atoms. The largest absolute Gasteiger partial charge is 0.335 e. The Bertz CT molecular complexity index is 1010. The summed E-state index contributed by atoms with van der Waals surface area (Å²) in [5.41, 5.74) is 8.10. The zero-order valence-electron chi connectivity index (χ0n) is 19.4. The third-order valence-electron chi connectivity index (χ3n) is 7.15. The number of benzene rings is 2. The van der Waals surface area contributed by atoms with Gasteiger partial charge < -0.3 is 16.0 Å². The summed E-state index contributed by atoms with van der Waals surface area (Å²) < 4.78 is 0. The minimum atomic E-state index is -0.243. The molecule has 2 aromatic rings. The van der Waals surface area contributed by atoms with Crippen molar-refractivity contribution < 1.29 is 9.59 Å². The molecule has 0 atom stereocenters. The fourth-order valence-corrected chi connectivity index (χ4v) is 5.54. The summed E-state index contributed by atoms with van der Waals surface area (Å²) in [5.74, 6) is 0.0885. The number of amides is 2. The predicted molar refractivity (Wildman–Crippen MR) is 138 cm³/mol. The minimum absolute atomic E-state index is 0.0915. The molecule has 3 N–H and O–H groups in total. The van der Waals surface area contributed by atoms with Crippen LogP contribution in [-0.4, -0.2) is 28.8 Å². The summed E-state index contributed by atoms with van der Waals surface area (Å²) in [6.45, 7) is 0.439. The Labute approximate surface area is 212 Å². The summed E-state index contributed by atoms with van der Waals surface area (Å²) >= 11 is 12.6. The van der Waals surface area contributed by atoms with Crippen LogP contribution >= 0.6 is 23.2 Å². The van der Waals surface area contributed by atoms with Crippen LogP contribution in [0.4, 0.5) is 5.69 Å². The van der Waals surface area contributed by atoms with Gasteiger partial charge in [0, 0.05) is 45.8 Å². The summed E-state index contributed by atoms with van der Waals surface area (Å²) in [4.78, 5) is 28.4. The number of nitrogens with two attached hydrogens (primary N) is 1. The highest BCUT2D eigenvalue weighted by molar-refractivity contribution is 6.31. The number of anilines is 1. The molecule has 0 heterocycles. The van der Waals surface area contributed by atoms with Crippen LogP contribution in [0, 0.1) is 5.92 Å². The lowest BCUT2D eigenvalue weighted by molar-refractivity contribution is -0.140. The maximum Gasteiger partial charge on any atom is 0.255 e. The number of rotatable bonds is 6. The number of carbonyl (C=O) groups excluding carboxylic acids is 2. The van der Waals surface area contributed by atoms with Crippen molar-refractivity contribution in [3.63, 3.8) is 0 Å². The molecule has 2 aliphatic rings. The van der Waals surface area contributed by atoms with Gasteiger partial charge in [0.25, 0.3) is 5.91 Å². The molecule has 2 amide bonds. The Morgan fingerprint density at radius 2 is 1.68 bits per heavy atom. The van der Waals surface area contributed by atoms with E-state index in [9.17, 15) is 9.59 Å². The van der Waals surface area contributed by atoms with Crippen molar-refractivity contribution in [2.75, 3.05) is 5.32 Å². The fourth-order valence-electron chi connectivity index (χ4n) is 5.17. The molecule has 2 aliphatic carbocycles. The van der Waals surface area contributed by atoms with E-state index >= 15 is 0 Å². The zero-order valence-corrected chi connectivity index (χ0v) is 21.0. The van der Waals surface area contributed by atoms with Crippen LogP contribution in [0.25, 0.3) is 0 Å². The van der Waals surface area contributed by atoms with E-state index in [0.29, 0.717) is 27.8 Å². The molecule has 0 bridgehead atoms. The van der Waals surface area contributed by atoms with Crippen molar-refractivity contribution in [3.8, 4) is 0 Å². The molecule has 7 heteroatoms. The normalized spacial score (nSPS) is 21.1. The van der Waals surface area contributed by atoms with Crippen molar-refractivity contribution in [3.05, 3.63) is 63.6 Å². The number of carbonyl (C=O) groups is 2. The number of nitrogens with one attached hydrogen (secondary N) is 1. The molecule has 0 radical (unpaired) electrons. The molecule has 4 rings (SSSR count). The van der Waals surface area contributed by atoms with Crippen LogP contribution in [0.15, 0.2) is 42.5 Å². The molecule has 0 saturated heterocycles. The van der Waals surface area contributed by atoms with Crippen molar-refractivity contribution >= 4 is 40.7 Å². The van der Waals surface area contributed by atoms with Gasteiger partial charge in [-0.1, -0.05) is 48.5 Å². The molecular formula is C27H33Cl2N3O2. The topological polar surface area (TPSA) is 75.4 Å². The Hall–Kier alpha value is -2.08. The fraction of sp³-hybridized carbons (Fsp3) is 0.481. The zero-order chi connectivity index (χ0) is 24.1. The van der Waals surface area contributed by atoms with E-state index in [4.69, 9.17) is 28.9 Å². The van der Waals surface area contributed by atoms with E-state index in [0.717, 1.165) is 56.9 Å². The highest BCUT2D eigenvalue weighted by Gasteiger charge is 2.33. The molecular weight excluding hydrogens is 469 g/mol. The molecule has 2 aromatic carbocycles. The average molecular weight is 502 g/mol. The van der Waals surface area contributed by atoms with Gasteiger partial charge in [-0.2, -0.15) is 0 Å². The Balaban J connectivity index is 1.54. The van der Waals surface area contributed by atoms with Gasteiger partial charge in [0.1, 0.15) is 0 Å². The molecule has 182 valence electrons. The lowest BCUT2D eigenvalue weighted by atomic mass is 9.85. The lowest BCUT2D eigenvalue weighted by Gasteiger charge is -2.39. The second kappa shape index (κ2) is 11.6. The summed E-state index contributed by atoms with van der Waals surface area (Å²) in [6.07, 6.45) is 9.07. The van der Waals surface area contributed by atoms with E-state index in [1.807, 2.05) is 11.0 Å². The first kappa shape index (κ1) is 25.0. The van der Waals surface area contributed by atoms with Gasteiger partial charge in [-0.15, -0.1) is 0 Å². The van der Waals surface area contributed by atoms with Crippen LogP contribution in [0.2, 0.25) is 10.0 Å². The van der Waals surface area contributed by atoms with Crippen molar-refractivity contribution in [1.29, 1.82) is 0 Å². The van der Waals surface area contributed by atoms with Gasteiger partial charge in [0.05, 0.1) is 0 Å². The van der Waals surface area contributed by atoms with Gasteiger partial charge in [0.15, 0.2) is 0 Å². The van der Waals surface area contributed by atoms with Crippen LogP contribution in [-0.2, 0) is 11.3 Å². The van der Waals surface area contributed by atoms with E-state index in [1.165, 1.54) is 6.42 Å². The van der Waals surface area contributed by atoms with Gasteiger partial charge in [-0.05, 0) is 80.5 Å². The number of nitrogens with zero attached hydrogens (tertiary/aromatic N) is 1. The third-order valence-corrected chi connectivity index (χ3v) is 7.75. The smallest absolute Gasteiger partial charge is 0.255 e. The molecule has 34 heavy (non-hydrogen) atoms. The first-order chi connectivity index (χ1) is 16.4. The second-order valence-electron chi connectivity index (χ2n) is 9.64. The molecule has 0 unspecified atom stereocenters. The van der Waals surface area contributed by atoms with Crippen LogP contribution in [0.1, 0.15) is 73.7 Å². The van der Waals surface area contributed by atoms with Gasteiger partial charge in [-0.3, -0.25) is 9.59 Å². The minimum Gasteiger partial charge on any atom is -0.335 e. The summed E-state index contributed by atoms with van der Waals surface area (Å²) in [7, 11) is 0. The SMILES string of the molecule is NC1CCC(N(Cc2cc(NC(=O)c3cccc(Cl)c3)ccc2Cl)C(=O)C2CCCCC2)CC1. The molecule has 2 fully saturated rings. The Morgan fingerprint density at radius 3 is 2.38 bits per heavy atom. The predicted octanol–water partition coefficient (Wildman–Crippen LogP) is 6.42. The average Bonchev–Trinajstić information content (AvgIpc) is 2.85. The maximum absolute atomic E-state index is 13.6. The molecule has 0 aliphatic heterocycles. The Kier molecular flexibility index (Phi) is 8.51. The van der Waals surface area contributed by atoms with Gasteiger partial charge >= 0.3 is 0 Å². The number of hydrogen-bond donors (Lipinski definition) is 2. The van der Waals surface area contributed by atoms with Crippen molar-refractivity contribution in [2.24, 2.45) is 11.7 Å². The second-order valence-corrected chi connectivity index (χ2v) is 10.5. The quantitative estimate of drug-likeness (QED) is 0.478. The third kappa shape index (κ3) is 6.32. The maximum atomic E-state index is 13.6. The molecule has 5 nitrogen and oxygen atoms in total. The number of halogens is 2. The Morgan fingerprint density at radius 1 is 0.941 bits per heavy atom. The monoisotopic (exact) mass is 501 g/mol. The van der Waals surface area contributed by atoms with Crippen molar-refractivity contribution in [2.45, 2.75) is 76.4 Å². The summed E-state index contributed by atoms with van der Waals surface area (Å²) in [5, 5.41) is 4.03.